The average Bonchev–Trinajstić information content (AvgIpc) is 2.59. The molecule has 3 heteroatoms. The van der Waals surface area contributed by atoms with E-state index >= 15 is 0 Å². The van der Waals surface area contributed by atoms with E-state index in [0.717, 1.165) is 17.2 Å². The summed E-state index contributed by atoms with van der Waals surface area (Å²) >= 11 is 0. The summed E-state index contributed by atoms with van der Waals surface area (Å²) in [6.07, 6.45) is 5.45. The van der Waals surface area contributed by atoms with E-state index in [1.807, 2.05) is 46.8 Å². The van der Waals surface area contributed by atoms with E-state index in [9.17, 15) is 0 Å². The third-order valence-corrected chi connectivity index (χ3v) is 1.47. The van der Waals surface area contributed by atoms with Crippen molar-refractivity contribution >= 4 is 11.4 Å². The average molecular weight is 194 g/mol. The first-order valence-corrected chi connectivity index (χ1v) is 4.87. The molecule has 0 radical (unpaired) electrons. The highest BCUT2D eigenvalue weighted by molar-refractivity contribution is 6.48. The first-order chi connectivity index (χ1) is 6.79. The van der Waals surface area contributed by atoms with Gasteiger partial charge in [-0.05, 0) is 26.8 Å². The maximum atomic E-state index is 5.01. The quantitative estimate of drug-likeness (QED) is 0.630. The Balaban J connectivity index is 0.000000791. The van der Waals surface area contributed by atoms with Crippen LogP contribution in [0.1, 0.15) is 34.6 Å². The van der Waals surface area contributed by atoms with E-state index < -0.39 is 0 Å². The molecule has 0 unspecified atom stereocenters. The lowest BCUT2D eigenvalue weighted by molar-refractivity contribution is 0.258. The third kappa shape index (κ3) is 3.17. The second-order valence-electron chi connectivity index (χ2n) is 2.38. The molecule has 0 aromatic heterocycles. The molecule has 0 atom stereocenters. The molecule has 0 amide bonds. The molecule has 0 aliphatic carbocycles. The van der Waals surface area contributed by atoms with Gasteiger partial charge in [0, 0.05) is 6.20 Å². The zero-order chi connectivity index (χ0) is 11.0. The van der Waals surface area contributed by atoms with Crippen LogP contribution >= 0.6 is 0 Å². The smallest absolute Gasteiger partial charge is 0.181 e. The lowest BCUT2D eigenvalue weighted by Crippen LogP contribution is -2.05. The second-order valence-corrected chi connectivity index (χ2v) is 2.38. The molecule has 0 saturated heterocycles. The van der Waals surface area contributed by atoms with Gasteiger partial charge in [-0.15, -0.1) is 0 Å². The summed E-state index contributed by atoms with van der Waals surface area (Å²) in [5.74, 6) is 0.727. The molecule has 0 aromatic rings. The fourth-order valence-corrected chi connectivity index (χ4v) is 0.878. The van der Waals surface area contributed by atoms with Gasteiger partial charge in [0.25, 0.3) is 0 Å². The molecule has 0 spiro atoms. The zero-order valence-electron chi connectivity index (χ0n) is 9.53. The fourth-order valence-electron chi connectivity index (χ4n) is 0.878. The van der Waals surface area contributed by atoms with E-state index in [2.05, 4.69) is 10.1 Å². The first-order valence-electron chi connectivity index (χ1n) is 4.87. The van der Waals surface area contributed by atoms with E-state index in [1.165, 1.54) is 0 Å². The Bertz CT molecular complexity index is 286. The molecule has 0 fully saturated rings. The number of allylic oxidation sites excluding steroid dienone is 3. The number of nitrogens with zero attached hydrogens (tertiary/aromatic N) is 2. The Morgan fingerprint density at radius 3 is 2.43 bits per heavy atom. The number of aliphatic imine (C=N–C) groups is 1. The van der Waals surface area contributed by atoms with Crippen molar-refractivity contribution in [1.29, 1.82) is 0 Å². The molecular weight excluding hydrogens is 176 g/mol. The van der Waals surface area contributed by atoms with Crippen molar-refractivity contribution < 1.29 is 4.84 Å². The lowest BCUT2D eigenvalue weighted by atomic mass is 10.2. The van der Waals surface area contributed by atoms with Crippen LogP contribution < -0.4 is 0 Å². The standard InChI is InChI=1S/C9H12N2O.C2H6/c1-4-6-10-9-7(3)11-12-8(9)5-2;1-2/h4-6H,1-3H3;1-2H3/b6-4-,8-5+,10-9+;. The van der Waals surface area contributed by atoms with E-state index in [1.54, 1.807) is 6.20 Å². The van der Waals surface area contributed by atoms with Crippen LogP contribution in [0.3, 0.4) is 0 Å². The van der Waals surface area contributed by atoms with Crippen LogP contribution in [0, 0.1) is 0 Å². The Morgan fingerprint density at radius 1 is 1.29 bits per heavy atom. The van der Waals surface area contributed by atoms with Gasteiger partial charge < -0.3 is 4.84 Å². The van der Waals surface area contributed by atoms with Gasteiger partial charge in [0.2, 0.25) is 0 Å². The lowest BCUT2D eigenvalue weighted by Gasteiger charge is -1.93. The van der Waals surface area contributed by atoms with Gasteiger partial charge in [0.05, 0.1) is 0 Å². The van der Waals surface area contributed by atoms with Crippen molar-refractivity contribution in [3.05, 3.63) is 24.1 Å². The summed E-state index contributed by atoms with van der Waals surface area (Å²) in [4.78, 5) is 9.20. The summed E-state index contributed by atoms with van der Waals surface area (Å²) < 4.78 is 0. The van der Waals surface area contributed by atoms with Crippen molar-refractivity contribution in [2.75, 3.05) is 0 Å². The van der Waals surface area contributed by atoms with Crippen molar-refractivity contribution in [2.45, 2.75) is 34.6 Å². The second kappa shape index (κ2) is 7.06. The fraction of sp³-hybridized carbons (Fsp3) is 0.455. The van der Waals surface area contributed by atoms with Crippen LogP contribution in [0.4, 0.5) is 0 Å². The summed E-state index contributed by atoms with van der Waals surface area (Å²) in [6.45, 7) is 9.69. The predicted octanol–water partition coefficient (Wildman–Crippen LogP) is 3.30. The summed E-state index contributed by atoms with van der Waals surface area (Å²) in [5.41, 5.74) is 1.64. The number of rotatable bonds is 1. The van der Waals surface area contributed by atoms with Crippen LogP contribution in [-0.2, 0) is 4.84 Å². The Labute approximate surface area is 85.9 Å². The topological polar surface area (TPSA) is 34.0 Å². The molecule has 0 N–H and O–H groups in total. The zero-order valence-corrected chi connectivity index (χ0v) is 9.53. The highest BCUT2D eigenvalue weighted by Gasteiger charge is 2.18. The molecule has 1 aliphatic rings. The molecular formula is C11H18N2O. The van der Waals surface area contributed by atoms with Crippen molar-refractivity contribution in [1.82, 2.24) is 0 Å². The molecule has 14 heavy (non-hydrogen) atoms. The van der Waals surface area contributed by atoms with Crippen LogP contribution in [0.25, 0.3) is 0 Å². The maximum absolute atomic E-state index is 5.01. The molecule has 1 heterocycles. The SMILES string of the molecule is CC.C\C=C/N=C1\C(C)=NO\C1=C\C. The minimum atomic E-state index is 0.727. The van der Waals surface area contributed by atoms with Crippen LogP contribution in [0.2, 0.25) is 0 Å². The van der Waals surface area contributed by atoms with Gasteiger partial charge >= 0.3 is 0 Å². The number of hydrogen-bond acceptors (Lipinski definition) is 3. The van der Waals surface area contributed by atoms with E-state index in [-0.39, 0.29) is 0 Å². The van der Waals surface area contributed by atoms with Gasteiger partial charge in [-0.3, -0.25) is 4.99 Å². The maximum Gasteiger partial charge on any atom is 0.181 e. The highest BCUT2D eigenvalue weighted by atomic mass is 16.6. The van der Waals surface area contributed by atoms with Gasteiger partial charge in [-0.25, -0.2) is 0 Å². The monoisotopic (exact) mass is 194 g/mol. The van der Waals surface area contributed by atoms with Crippen LogP contribution in [0.15, 0.2) is 34.3 Å². The van der Waals surface area contributed by atoms with E-state index in [4.69, 9.17) is 4.84 Å². The molecule has 78 valence electrons. The first kappa shape index (κ1) is 12.6. The summed E-state index contributed by atoms with van der Waals surface area (Å²) in [7, 11) is 0. The van der Waals surface area contributed by atoms with Crippen molar-refractivity contribution in [3.8, 4) is 0 Å². The van der Waals surface area contributed by atoms with Crippen LogP contribution in [0.5, 0.6) is 0 Å². The summed E-state index contributed by atoms with van der Waals surface area (Å²) in [5, 5.41) is 3.81. The van der Waals surface area contributed by atoms with Crippen molar-refractivity contribution in [3.63, 3.8) is 0 Å². The highest BCUT2D eigenvalue weighted by Crippen LogP contribution is 2.11. The molecule has 0 saturated carbocycles. The molecule has 0 bridgehead atoms. The molecule has 3 nitrogen and oxygen atoms in total. The molecule has 1 aliphatic heterocycles. The Hall–Kier alpha value is -1.38. The minimum Gasteiger partial charge on any atom is -0.355 e. The third-order valence-electron chi connectivity index (χ3n) is 1.47. The van der Waals surface area contributed by atoms with Crippen LogP contribution in [-0.4, -0.2) is 11.4 Å². The molecule has 0 aromatic carbocycles. The Morgan fingerprint density at radius 2 is 1.93 bits per heavy atom. The van der Waals surface area contributed by atoms with Crippen molar-refractivity contribution in [2.24, 2.45) is 10.1 Å². The van der Waals surface area contributed by atoms with Gasteiger partial charge in [-0.2, -0.15) is 0 Å². The number of oxime groups is 1. The van der Waals surface area contributed by atoms with E-state index in [0.29, 0.717) is 0 Å². The predicted molar refractivity (Wildman–Crippen MR) is 61.5 cm³/mol. The Kier molecular flexibility index (Phi) is 6.37. The van der Waals surface area contributed by atoms with Gasteiger partial charge in [0.15, 0.2) is 5.76 Å². The summed E-state index contributed by atoms with van der Waals surface area (Å²) in [6, 6.07) is 0. The normalized spacial score (nSPS) is 20.8. The van der Waals surface area contributed by atoms with Gasteiger partial charge in [0.1, 0.15) is 11.4 Å². The van der Waals surface area contributed by atoms with Gasteiger partial charge in [-0.1, -0.05) is 25.1 Å². The number of hydrogen-bond donors (Lipinski definition) is 0. The minimum absolute atomic E-state index is 0.727. The largest absolute Gasteiger partial charge is 0.355 e. The molecule has 1 rings (SSSR count).